The van der Waals surface area contributed by atoms with Crippen LogP contribution in [0.4, 0.5) is 0 Å². The van der Waals surface area contributed by atoms with Gasteiger partial charge in [0, 0.05) is 43.5 Å². The van der Waals surface area contributed by atoms with Gasteiger partial charge in [0.05, 0.1) is 27.6 Å². The molecule has 1 amide bonds. The lowest BCUT2D eigenvalue weighted by molar-refractivity contribution is 0.0600. The smallest absolute Gasteiger partial charge is 0.290 e. The fourth-order valence-corrected chi connectivity index (χ4v) is 3.90. The molecule has 0 unspecified atom stereocenters. The van der Waals surface area contributed by atoms with E-state index in [0.717, 1.165) is 36.0 Å². The maximum atomic E-state index is 12.9. The molecule has 31 heavy (non-hydrogen) atoms. The average molecular weight is 447 g/mol. The molecule has 0 atom stereocenters. The van der Waals surface area contributed by atoms with Gasteiger partial charge < -0.3 is 23.5 Å². The molecule has 0 N–H and O–H groups in total. The quantitative estimate of drug-likeness (QED) is 0.573. The minimum absolute atomic E-state index is 0. The van der Waals surface area contributed by atoms with Crippen LogP contribution >= 0.6 is 12.4 Å². The third-order valence-electron chi connectivity index (χ3n) is 5.49. The fraction of sp³-hybridized carbons (Fsp3) is 0.348. The number of carbonyl (C=O) groups excluding carboxylic acids is 1. The highest BCUT2D eigenvalue weighted by molar-refractivity contribution is 6.04. The molecule has 0 aliphatic carbocycles. The number of methoxy groups -OCH3 is 3. The second kappa shape index (κ2) is 9.94. The van der Waals surface area contributed by atoms with Crippen LogP contribution in [0.2, 0.25) is 0 Å². The number of carbonyl (C=O) groups is 1. The van der Waals surface area contributed by atoms with Gasteiger partial charge in [0.2, 0.25) is 5.75 Å². The number of ether oxygens (including phenoxy) is 3. The molecule has 0 saturated carbocycles. The number of hydrogen-bond acceptors (Lipinski definition) is 6. The maximum absolute atomic E-state index is 12.9. The zero-order valence-electron chi connectivity index (χ0n) is 17.9. The Labute approximate surface area is 187 Å². The van der Waals surface area contributed by atoms with Crippen LogP contribution in [0.5, 0.6) is 17.2 Å². The van der Waals surface area contributed by atoms with Crippen molar-refractivity contribution < 1.29 is 23.4 Å². The van der Waals surface area contributed by atoms with E-state index in [1.165, 1.54) is 0 Å². The van der Waals surface area contributed by atoms with E-state index in [2.05, 4.69) is 4.90 Å². The van der Waals surface area contributed by atoms with Gasteiger partial charge in [-0.15, -0.1) is 12.4 Å². The molecule has 1 aliphatic rings. The number of amides is 1. The van der Waals surface area contributed by atoms with Gasteiger partial charge in [-0.2, -0.15) is 0 Å². The van der Waals surface area contributed by atoms with Crippen LogP contribution in [0.15, 0.2) is 47.1 Å². The monoisotopic (exact) mass is 446 g/mol. The standard InChI is InChI=1S/C23H26N2O5.ClH/c1-27-19-12-16(13-20(28-2)22(19)29-3)14-24-8-10-25(11-9-24)23(26)21-18-7-5-4-6-17(18)15-30-21;/h4-7,12-13,15H,8-11,14H2,1-3H3;1H. The summed E-state index contributed by atoms with van der Waals surface area (Å²) in [5, 5.41) is 1.81. The minimum atomic E-state index is -0.0522. The summed E-state index contributed by atoms with van der Waals surface area (Å²) in [5.41, 5.74) is 1.07. The van der Waals surface area contributed by atoms with Crippen LogP contribution < -0.4 is 14.2 Å². The highest BCUT2D eigenvalue weighted by Gasteiger charge is 2.26. The van der Waals surface area contributed by atoms with Gasteiger partial charge in [0.25, 0.3) is 5.91 Å². The SMILES string of the molecule is COc1cc(CN2CCN(C(=O)c3occ4ccccc34)CC2)cc(OC)c1OC.Cl. The van der Waals surface area contributed by atoms with Crippen LogP contribution in [0.3, 0.4) is 0 Å². The third kappa shape index (κ3) is 4.57. The van der Waals surface area contributed by atoms with Crippen molar-refractivity contribution in [3.05, 3.63) is 54.0 Å². The van der Waals surface area contributed by atoms with E-state index in [1.54, 1.807) is 27.6 Å². The second-order valence-electron chi connectivity index (χ2n) is 7.25. The van der Waals surface area contributed by atoms with Gasteiger partial charge >= 0.3 is 0 Å². The number of hydrogen-bond donors (Lipinski definition) is 0. The minimum Gasteiger partial charge on any atom is -0.493 e. The van der Waals surface area contributed by atoms with Gasteiger partial charge in [-0.05, 0) is 17.7 Å². The number of furan rings is 1. The Morgan fingerprint density at radius 2 is 1.61 bits per heavy atom. The van der Waals surface area contributed by atoms with Gasteiger partial charge in [-0.3, -0.25) is 9.69 Å². The van der Waals surface area contributed by atoms with E-state index < -0.39 is 0 Å². The van der Waals surface area contributed by atoms with E-state index in [9.17, 15) is 4.79 Å². The topological polar surface area (TPSA) is 64.4 Å². The predicted molar refractivity (Wildman–Crippen MR) is 121 cm³/mol. The first-order chi connectivity index (χ1) is 14.6. The molecule has 1 aliphatic heterocycles. The van der Waals surface area contributed by atoms with Crippen LogP contribution in [0.25, 0.3) is 10.8 Å². The van der Waals surface area contributed by atoms with Crippen molar-refractivity contribution in [1.29, 1.82) is 0 Å². The van der Waals surface area contributed by atoms with Crippen LogP contribution in [0.1, 0.15) is 16.1 Å². The van der Waals surface area contributed by atoms with Crippen molar-refractivity contribution in [2.75, 3.05) is 47.5 Å². The van der Waals surface area contributed by atoms with Gasteiger partial charge in [-0.1, -0.05) is 24.3 Å². The van der Waals surface area contributed by atoms with E-state index in [-0.39, 0.29) is 18.3 Å². The van der Waals surface area contributed by atoms with Gasteiger partial charge in [0.15, 0.2) is 17.3 Å². The summed E-state index contributed by atoms with van der Waals surface area (Å²) in [5.74, 6) is 2.24. The van der Waals surface area contributed by atoms with E-state index in [0.29, 0.717) is 36.1 Å². The number of nitrogens with zero attached hydrogens (tertiary/aromatic N) is 2. The molecule has 166 valence electrons. The van der Waals surface area contributed by atoms with Crippen LogP contribution in [-0.2, 0) is 6.54 Å². The largest absolute Gasteiger partial charge is 0.493 e. The first-order valence-corrected chi connectivity index (χ1v) is 9.91. The molecule has 2 aromatic carbocycles. The zero-order valence-corrected chi connectivity index (χ0v) is 18.7. The van der Waals surface area contributed by atoms with E-state index in [1.807, 2.05) is 41.3 Å². The molecule has 7 nitrogen and oxygen atoms in total. The maximum Gasteiger partial charge on any atom is 0.290 e. The Morgan fingerprint density at radius 3 is 2.23 bits per heavy atom. The fourth-order valence-electron chi connectivity index (χ4n) is 3.90. The Balaban J connectivity index is 0.00000272. The Hall–Kier alpha value is -2.90. The summed E-state index contributed by atoms with van der Waals surface area (Å²) >= 11 is 0. The number of halogens is 1. The number of fused-ring (bicyclic) bond motifs is 1. The lowest BCUT2D eigenvalue weighted by Crippen LogP contribution is -2.48. The molecule has 1 aromatic heterocycles. The molecule has 8 heteroatoms. The van der Waals surface area contributed by atoms with E-state index in [4.69, 9.17) is 18.6 Å². The molecule has 2 heterocycles. The highest BCUT2D eigenvalue weighted by Crippen LogP contribution is 2.38. The van der Waals surface area contributed by atoms with Gasteiger partial charge in [-0.25, -0.2) is 0 Å². The Bertz CT molecular complexity index is 1020. The normalized spacial score (nSPS) is 14.2. The summed E-state index contributed by atoms with van der Waals surface area (Å²) in [4.78, 5) is 17.1. The molecule has 0 radical (unpaired) electrons. The number of rotatable bonds is 6. The summed E-state index contributed by atoms with van der Waals surface area (Å²) in [6, 6.07) is 11.7. The Kier molecular flexibility index (Phi) is 7.30. The lowest BCUT2D eigenvalue weighted by atomic mass is 10.1. The zero-order chi connectivity index (χ0) is 21.1. The average Bonchev–Trinajstić information content (AvgIpc) is 3.22. The van der Waals surface area contributed by atoms with Crippen LogP contribution in [-0.4, -0.2) is 63.2 Å². The third-order valence-corrected chi connectivity index (χ3v) is 5.49. The van der Waals surface area contributed by atoms with Gasteiger partial charge in [0.1, 0.15) is 0 Å². The van der Waals surface area contributed by atoms with Crippen molar-refractivity contribution in [2.45, 2.75) is 6.54 Å². The first kappa shape index (κ1) is 22.8. The lowest BCUT2D eigenvalue weighted by Gasteiger charge is -2.34. The second-order valence-corrected chi connectivity index (χ2v) is 7.25. The predicted octanol–water partition coefficient (Wildman–Crippen LogP) is 3.84. The Morgan fingerprint density at radius 1 is 0.968 bits per heavy atom. The number of piperazine rings is 1. The highest BCUT2D eigenvalue weighted by atomic mass is 35.5. The molecule has 0 spiro atoms. The van der Waals surface area contributed by atoms with Crippen molar-refractivity contribution in [2.24, 2.45) is 0 Å². The van der Waals surface area contributed by atoms with Crippen molar-refractivity contribution in [1.82, 2.24) is 9.80 Å². The molecule has 1 fully saturated rings. The molecule has 0 bridgehead atoms. The first-order valence-electron chi connectivity index (χ1n) is 9.91. The summed E-state index contributed by atoms with van der Waals surface area (Å²) in [6.07, 6.45) is 1.64. The molecular weight excluding hydrogens is 420 g/mol. The van der Waals surface area contributed by atoms with Crippen molar-refractivity contribution in [3.63, 3.8) is 0 Å². The van der Waals surface area contributed by atoms with Crippen molar-refractivity contribution >= 4 is 29.1 Å². The molecule has 4 rings (SSSR count). The molecule has 3 aromatic rings. The van der Waals surface area contributed by atoms with E-state index >= 15 is 0 Å². The summed E-state index contributed by atoms with van der Waals surface area (Å²) in [6.45, 7) is 3.60. The molecule has 1 saturated heterocycles. The molecular formula is C23H27ClN2O5. The van der Waals surface area contributed by atoms with Crippen molar-refractivity contribution in [3.8, 4) is 17.2 Å². The number of benzene rings is 2. The summed E-state index contributed by atoms with van der Waals surface area (Å²) in [7, 11) is 4.83. The summed E-state index contributed by atoms with van der Waals surface area (Å²) < 4.78 is 21.9. The van der Waals surface area contributed by atoms with Crippen LogP contribution in [0, 0.1) is 0 Å².